The van der Waals surface area contributed by atoms with Gasteiger partial charge in [0.1, 0.15) is 5.82 Å². The summed E-state index contributed by atoms with van der Waals surface area (Å²) in [6.07, 6.45) is -0.850. The third kappa shape index (κ3) is 4.02. The van der Waals surface area contributed by atoms with Gasteiger partial charge >= 0.3 is 6.09 Å². The molecule has 0 atom stereocenters. The number of carbonyl (C=O) groups is 1. The first-order valence-corrected chi connectivity index (χ1v) is 9.34. The van der Waals surface area contributed by atoms with Crippen molar-refractivity contribution in [3.63, 3.8) is 0 Å². The van der Waals surface area contributed by atoms with Gasteiger partial charge in [-0.25, -0.2) is 9.78 Å². The van der Waals surface area contributed by atoms with Crippen LogP contribution in [0.5, 0.6) is 0 Å². The molecule has 6 nitrogen and oxygen atoms in total. The number of amides is 1. The van der Waals surface area contributed by atoms with Gasteiger partial charge in [0.15, 0.2) is 0 Å². The Hall–Kier alpha value is -2.86. The Kier molecular flexibility index (Phi) is 5.42. The van der Waals surface area contributed by atoms with E-state index < -0.39 is 6.09 Å². The molecule has 7 heteroatoms. The predicted molar refractivity (Wildman–Crippen MR) is 111 cm³/mol. The van der Waals surface area contributed by atoms with Crippen molar-refractivity contribution in [2.45, 2.75) is 32.6 Å². The van der Waals surface area contributed by atoms with Crippen LogP contribution in [0.15, 0.2) is 47.3 Å². The van der Waals surface area contributed by atoms with E-state index in [1.54, 1.807) is 18.2 Å². The lowest BCUT2D eigenvalue weighted by atomic mass is 9.87. The molecule has 0 aliphatic heterocycles. The van der Waals surface area contributed by atoms with Gasteiger partial charge in [-0.15, -0.1) is 0 Å². The second-order valence-corrected chi connectivity index (χ2v) is 7.99. The summed E-state index contributed by atoms with van der Waals surface area (Å²) in [5.74, 6) is 0.472. The SMILES string of the molecule is CC(C)(C)c1cccc(-n2c(CCNC(=O)O)nc3cccc(Cl)c3c2=O)c1. The van der Waals surface area contributed by atoms with Gasteiger partial charge in [-0.3, -0.25) is 9.36 Å². The molecule has 0 radical (unpaired) electrons. The molecule has 0 aliphatic carbocycles. The summed E-state index contributed by atoms with van der Waals surface area (Å²) >= 11 is 6.28. The van der Waals surface area contributed by atoms with Crippen LogP contribution in [0.3, 0.4) is 0 Å². The highest BCUT2D eigenvalue weighted by molar-refractivity contribution is 6.35. The summed E-state index contributed by atoms with van der Waals surface area (Å²) in [6.45, 7) is 6.44. The molecule has 0 saturated heterocycles. The van der Waals surface area contributed by atoms with Crippen molar-refractivity contribution in [1.29, 1.82) is 0 Å². The largest absolute Gasteiger partial charge is 0.465 e. The first-order valence-electron chi connectivity index (χ1n) is 8.96. The van der Waals surface area contributed by atoms with E-state index in [0.717, 1.165) is 5.56 Å². The van der Waals surface area contributed by atoms with Crippen LogP contribution in [0.1, 0.15) is 32.2 Å². The summed E-state index contributed by atoms with van der Waals surface area (Å²) in [5, 5.41) is 11.9. The third-order valence-corrected chi connectivity index (χ3v) is 4.83. The molecule has 0 fully saturated rings. The average molecular weight is 400 g/mol. The average Bonchev–Trinajstić information content (AvgIpc) is 2.61. The first kappa shape index (κ1) is 19.9. The predicted octanol–water partition coefficient (Wildman–Crippen LogP) is 4.15. The van der Waals surface area contributed by atoms with Gasteiger partial charge in [0.25, 0.3) is 5.56 Å². The summed E-state index contributed by atoms with van der Waals surface area (Å²) in [4.78, 5) is 28.7. The van der Waals surface area contributed by atoms with Crippen LogP contribution in [-0.4, -0.2) is 27.3 Å². The summed E-state index contributed by atoms with van der Waals surface area (Å²) < 4.78 is 1.52. The van der Waals surface area contributed by atoms with Crippen LogP contribution in [0.2, 0.25) is 5.02 Å². The van der Waals surface area contributed by atoms with Crippen molar-refractivity contribution in [3.05, 3.63) is 69.2 Å². The Bertz CT molecular complexity index is 1100. The Morgan fingerprint density at radius 3 is 2.61 bits per heavy atom. The Labute approximate surface area is 167 Å². The normalized spacial score (nSPS) is 11.6. The Morgan fingerprint density at radius 2 is 1.93 bits per heavy atom. The fourth-order valence-electron chi connectivity index (χ4n) is 3.06. The van der Waals surface area contributed by atoms with Gasteiger partial charge in [-0.05, 0) is 35.2 Å². The van der Waals surface area contributed by atoms with Gasteiger partial charge in [-0.1, -0.05) is 50.6 Å². The van der Waals surface area contributed by atoms with E-state index in [-0.39, 0.29) is 23.9 Å². The number of carboxylic acid groups (broad SMARTS) is 1. The maximum absolute atomic E-state index is 13.3. The quantitative estimate of drug-likeness (QED) is 0.690. The van der Waals surface area contributed by atoms with Gasteiger partial charge in [0.05, 0.1) is 21.6 Å². The van der Waals surface area contributed by atoms with E-state index in [1.165, 1.54) is 4.57 Å². The minimum atomic E-state index is -1.12. The number of nitrogens with one attached hydrogen (secondary N) is 1. The molecule has 1 heterocycles. The standard InChI is InChI=1S/C21H22ClN3O3/c1-21(2,3)13-6-4-7-14(12-13)25-17(10-11-23-20(27)28)24-16-9-5-8-15(22)18(16)19(25)26/h4-9,12,23H,10-11H2,1-3H3,(H,27,28). The van der Waals surface area contributed by atoms with Crippen molar-refractivity contribution < 1.29 is 9.90 Å². The number of fused-ring (bicyclic) bond motifs is 1. The molecule has 0 aliphatic rings. The van der Waals surface area contributed by atoms with Crippen LogP contribution in [-0.2, 0) is 11.8 Å². The van der Waals surface area contributed by atoms with Crippen LogP contribution < -0.4 is 10.9 Å². The Balaban J connectivity index is 2.24. The van der Waals surface area contributed by atoms with Gasteiger partial charge in [0.2, 0.25) is 0 Å². The number of hydrogen-bond acceptors (Lipinski definition) is 3. The fourth-order valence-corrected chi connectivity index (χ4v) is 3.31. The van der Waals surface area contributed by atoms with E-state index >= 15 is 0 Å². The second-order valence-electron chi connectivity index (χ2n) is 7.58. The summed E-state index contributed by atoms with van der Waals surface area (Å²) in [7, 11) is 0. The molecule has 3 aromatic rings. The van der Waals surface area contributed by atoms with Gasteiger partial charge in [-0.2, -0.15) is 0 Å². The van der Waals surface area contributed by atoms with Crippen molar-refractivity contribution in [2.24, 2.45) is 0 Å². The molecule has 0 unspecified atom stereocenters. The number of nitrogens with zero attached hydrogens (tertiary/aromatic N) is 2. The summed E-state index contributed by atoms with van der Waals surface area (Å²) in [6, 6.07) is 12.8. The zero-order valence-corrected chi connectivity index (χ0v) is 16.7. The highest BCUT2D eigenvalue weighted by Crippen LogP contribution is 2.25. The number of hydrogen-bond donors (Lipinski definition) is 2. The molecule has 0 spiro atoms. The maximum Gasteiger partial charge on any atom is 0.404 e. The van der Waals surface area contributed by atoms with E-state index in [9.17, 15) is 9.59 Å². The molecular formula is C21H22ClN3O3. The van der Waals surface area contributed by atoms with E-state index in [2.05, 4.69) is 31.1 Å². The highest BCUT2D eigenvalue weighted by Gasteiger charge is 2.18. The monoisotopic (exact) mass is 399 g/mol. The topological polar surface area (TPSA) is 84.2 Å². The third-order valence-electron chi connectivity index (χ3n) is 4.51. The zero-order valence-electron chi connectivity index (χ0n) is 16.0. The second kappa shape index (κ2) is 7.64. The lowest BCUT2D eigenvalue weighted by molar-refractivity contribution is 0.194. The molecule has 0 bridgehead atoms. The van der Waals surface area contributed by atoms with E-state index in [0.29, 0.717) is 27.4 Å². The lowest BCUT2D eigenvalue weighted by Gasteiger charge is -2.21. The van der Waals surface area contributed by atoms with Gasteiger partial charge < -0.3 is 10.4 Å². The van der Waals surface area contributed by atoms with Crippen molar-refractivity contribution >= 4 is 28.6 Å². The molecule has 146 valence electrons. The van der Waals surface area contributed by atoms with Crippen LogP contribution in [0.4, 0.5) is 4.79 Å². The molecular weight excluding hydrogens is 378 g/mol. The van der Waals surface area contributed by atoms with Crippen molar-refractivity contribution in [3.8, 4) is 5.69 Å². The zero-order chi connectivity index (χ0) is 20.5. The molecule has 2 aromatic carbocycles. The Morgan fingerprint density at radius 1 is 1.21 bits per heavy atom. The molecule has 28 heavy (non-hydrogen) atoms. The lowest BCUT2D eigenvalue weighted by Crippen LogP contribution is -2.29. The number of halogens is 1. The fraction of sp³-hybridized carbons (Fsp3) is 0.286. The molecule has 2 N–H and O–H groups in total. The smallest absolute Gasteiger partial charge is 0.404 e. The molecule has 1 amide bonds. The van der Waals surface area contributed by atoms with Crippen LogP contribution in [0, 0.1) is 0 Å². The van der Waals surface area contributed by atoms with Gasteiger partial charge in [0, 0.05) is 13.0 Å². The highest BCUT2D eigenvalue weighted by atomic mass is 35.5. The first-order chi connectivity index (χ1) is 13.2. The molecule has 1 aromatic heterocycles. The molecule has 3 rings (SSSR count). The van der Waals surface area contributed by atoms with E-state index in [1.807, 2.05) is 24.3 Å². The minimum absolute atomic E-state index is 0.0907. The number of aromatic nitrogens is 2. The van der Waals surface area contributed by atoms with Crippen molar-refractivity contribution in [1.82, 2.24) is 14.9 Å². The number of rotatable bonds is 4. The van der Waals surface area contributed by atoms with Crippen LogP contribution >= 0.6 is 11.6 Å². The number of benzene rings is 2. The van der Waals surface area contributed by atoms with Crippen LogP contribution in [0.25, 0.3) is 16.6 Å². The minimum Gasteiger partial charge on any atom is -0.465 e. The van der Waals surface area contributed by atoms with Crippen molar-refractivity contribution in [2.75, 3.05) is 6.54 Å². The summed E-state index contributed by atoms with van der Waals surface area (Å²) in [5.41, 5.74) is 1.88. The molecule has 0 saturated carbocycles. The maximum atomic E-state index is 13.3. The van der Waals surface area contributed by atoms with E-state index in [4.69, 9.17) is 16.7 Å².